The maximum atomic E-state index is 14.0. The Hall–Kier alpha value is -2.41. The molecule has 3 aromatic rings. The Morgan fingerprint density at radius 2 is 1.76 bits per heavy atom. The Balaban J connectivity index is 2.10. The summed E-state index contributed by atoms with van der Waals surface area (Å²) in [6.07, 6.45) is -4.69. The molecule has 0 aliphatic heterocycles. The highest BCUT2D eigenvalue weighted by Crippen LogP contribution is 2.32. The fourth-order valence-corrected chi connectivity index (χ4v) is 2.70. The number of hydrogen-bond acceptors (Lipinski definition) is 3. The van der Waals surface area contributed by atoms with Gasteiger partial charge in [0.2, 0.25) is 5.82 Å². The van der Waals surface area contributed by atoms with E-state index >= 15 is 0 Å². The molecule has 1 heterocycles. The predicted octanol–water partition coefficient (Wildman–Crippen LogP) is 5.08. The van der Waals surface area contributed by atoms with Gasteiger partial charge in [0, 0.05) is 29.6 Å². The third kappa shape index (κ3) is 3.51. The first-order valence-electron chi connectivity index (χ1n) is 7.25. The van der Waals surface area contributed by atoms with Crippen LogP contribution in [0.2, 0.25) is 5.02 Å². The van der Waals surface area contributed by atoms with Crippen molar-refractivity contribution in [1.29, 1.82) is 0 Å². The molecule has 0 N–H and O–H groups in total. The van der Waals surface area contributed by atoms with Crippen LogP contribution in [0.25, 0.3) is 10.9 Å². The largest absolute Gasteiger partial charge is 0.451 e. The third-order valence-corrected chi connectivity index (χ3v) is 4.01. The molecule has 0 spiro atoms. The Kier molecular flexibility index (Phi) is 4.51. The highest BCUT2D eigenvalue weighted by atomic mass is 35.5. The normalized spacial score (nSPS) is 11.8. The minimum atomic E-state index is -4.69. The van der Waals surface area contributed by atoms with E-state index in [-0.39, 0.29) is 28.5 Å². The standard InChI is InChI=1S/C17H12ClF4N3/c1-25(9-11-12(18)6-4-7-13(11)19)15-10-5-2-3-8-14(10)23-16(24-15)17(20,21)22/h2-8H,9H2,1H3. The number of rotatable bonds is 3. The number of hydrogen-bond donors (Lipinski definition) is 0. The molecule has 3 rings (SSSR count). The van der Waals surface area contributed by atoms with E-state index in [2.05, 4.69) is 9.97 Å². The van der Waals surface area contributed by atoms with Crippen LogP contribution < -0.4 is 4.90 Å². The summed E-state index contributed by atoms with van der Waals surface area (Å²) < 4.78 is 53.3. The van der Waals surface area contributed by atoms with Crippen LogP contribution in [0.3, 0.4) is 0 Å². The van der Waals surface area contributed by atoms with Crippen molar-refractivity contribution < 1.29 is 17.6 Å². The minimum Gasteiger partial charge on any atom is -0.355 e. The summed E-state index contributed by atoms with van der Waals surface area (Å²) in [6, 6.07) is 10.6. The van der Waals surface area contributed by atoms with Gasteiger partial charge in [-0.05, 0) is 24.3 Å². The summed E-state index contributed by atoms with van der Waals surface area (Å²) in [6.45, 7) is -0.0379. The molecule has 2 aromatic carbocycles. The van der Waals surface area contributed by atoms with E-state index in [0.29, 0.717) is 5.39 Å². The molecule has 0 aliphatic carbocycles. The molecular formula is C17H12ClF4N3. The van der Waals surface area contributed by atoms with Crippen LogP contribution in [0, 0.1) is 5.82 Å². The molecule has 130 valence electrons. The lowest BCUT2D eigenvalue weighted by Gasteiger charge is -2.22. The SMILES string of the molecule is CN(Cc1c(F)cccc1Cl)c1nc(C(F)(F)F)nc2ccccc12. The van der Waals surface area contributed by atoms with Gasteiger partial charge in [-0.1, -0.05) is 29.8 Å². The van der Waals surface area contributed by atoms with Gasteiger partial charge in [-0.15, -0.1) is 0 Å². The van der Waals surface area contributed by atoms with E-state index in [9.17, 15) is 17.6 Å². The van der Waals surface area contributed by atoms with E-state index < -0.39 is 17.8 Å². The average Bonchev–Trinajstić information content (AvgIpc) is 2.56. The van der Waals surface area contributed by atoms with Crippen molar-refractivity contribution in [2.45, 2.75) is 12.7 Å². The topological polar surface area (TPSA) is 29.0 Å². The number of nitrogens with zero attached hydrogens (tertiary/aromatic N) is 3. The predicted molar refractivity (Wildman–Crippen MR) is 88.1 cm³/mol. The van der Waals surface area contributed by atoms with Crippen molar-refractivity contribution in [1.82, 2.24) is 9.97 Å². The van der Waals surface area contributed by atoms with Crippen LogP contribution in [0.5, 0.6) is 0 Å². The Labute approximate surface area is 145 Å². The van der Waals surface area contributed by atoms with Crippen LogP contribution in [-0.4, -0.2) is 17.0 Å². The smallest absolute Gasteiger partial charge is 0.355 e. The fraction of sp³-hybridized carbons (Fsp3) is 0.176. The number of benzene rings is 2. The Morgan fingerprint density at radius 1 is 1.04 bits per heavy atom. The average molecular weight is 370 g/mol. The zero-order valence-electron chi connectivity index (χ0n) is 13.0. The molecule has 0 saturated heterocycles. The van der Waals surface area contributed by atoms with Crippen LogP contribution in [-0.2, 0) is 12.7 Å². The molecule has 0 amide bonds. The van der Waals surface area contributed by atoms with E-state index in [1.54, 1.807) is 18.2 Å². The second-order valence-corrected chi connectivity index (χ2v) is 5.85. The van der Waals surface area contributed by atoms with Crippen LogP contribution in [0.1, 0.15) is 11.4 Å². The van der Waals surface area contributed by atoms with Gasteiger partial charge in [0.1, 0.15) is 11.6 Å². The quantitative estimate of drug-likeness (QED) is 0.603. The highest BCUT2D eigenvalue weighted by Gasteiger charge is 2.36. The van der Waals surface area contributed by atoms with Gasteiger partial charge in [-0.2, -0.15) is 13.2 Å². The third-order valence-electron chi connectivity index (χ3n) is 3.66. The molecule has 8 heteroatoms. The van der Waals surface area contributed by atoms with E-state index in [4.69, 9.17) is 11.6 Å². The van der Waals surface area contributed by atoms with Gasteiger partial charge in [0.05, 0.1) is 5.52 Å². The first-order valence-corrected chi connectivity index (χ1v) is 7.63. The lowest BCUT2D eigenvalue weighted by Crippen LogP contribution is -2.22. The monoisotopic (exact) mass is 369 g/mol. The maximum Gasteiger partial charge on any atom is 0.451 e. The minimum absolute atomic E-state index is 0.0379. The molecule has 0 fully saturated rings. The van der Waals surface area contributed by atoms with Crippen molar-refractivity contribution in [3.05, 3.63) is 64.7 Å². The maximum absolute atomic E-state index is 14.0. The zero-order valence-corrected chi connectivity index (χ0v) is 13.7. The first-order chi connectivity index (χ1) is 11.8. The summed E-state index contributed by atoms with van der Waals surface area (Å²) >= 11 is 6.00. The zero-order chi connectivity index (χ0) is 18.2. The van der Waals surface area contributed by atoms with Crippen molar-refractivity contribution in [2.75, 3.05) is 11.9 Å². The molecular weight excluding hydrogens is 358 g/mol. The molecule has 0 unspecified atom stereocenters. The molecule has 0 saturated carbocycles. The second-order valence-electron chi connectivity index (χ2n) is 5.44. The van der Waals surface area contributed by atoms with Crippen molar-refractivity contribution in [2.24, 2.45) is 0 Å². The van der Waals surface area contributed by atoms with Crippen LogP contribution in [0.15, 0.2) is 42.5 Å². The van der Waals surface area contributed by atoms with Gasteiger partial charge in [-0.25, -0.2) is 14.4 Å². The molecule has 3 nitrogen and oxygen atoms in total. The Morgan fingerprint density at radius 3 is 2.44 bits per heavy atom. The molecule has 1 aromatic heterocycles. The van der Waals surface area contributed by atoms with E-state index in [1.807, 2.05) is 0 Å². The fourth-order valence-electron chi connectivity index (χ4n) is 2.47. The van der Waals surface area contributed by atoms with Crippen LogP contribution >= 0.6 is 11.6 Å². The number of alkyl halides is 3. The lowest BCUT2D eigenvalue weighted by molar-refractivity contribution is -0.144. The molecule has 0 aliphatic rings. The number of para-hydroxylation sites is 1. The number of aromatic nitrogens is 2. The van der Waals surface area contributed by atoms with Crippen LogP contribution in [0.4, 0.5) is 23.4 Å². The summed E-state index contributed by atoms with van der Waals surface area (Å²) in [5.41, 5.74) is 0.342. The molecule has 0 radical (unpaired) electrons. The van der Waals surface area contributed by atoms with Crippen molar-refractivity contribution >= 4 is 28.3 Å². The van der Waals surface area contributed by atoms with Crippen molar-refractivity contribution in [3.8, 4) is 0 Å². The van der Waals surface area contributed by atoms with Gasteiger partial charge >= 0.3 is 6.18 Å². The summed E-state index contributed by atoms with van der Waals surface area (Å²) in [7, 11) is 1.53. The summed E-state index contributed by atoms with van der Waals surface area (Å²) in [4.78, 5) is 8.64. The molecule has 0 bridgehead atoms. The molecule has 0 atom stereocenters. The Bertz CT molecular complexity index is 907. The number of halogens is 5. The summed E-state index contributed by atoms with van der Waals surface area (Å²) in [5.74, 6) is -1.72. The van der Waals surface area contributed by atoms with Gasteiger partial charge in [0.15, 0.2) is 0 Å². The number of fused-ring (bicyclic) bond motifs is 1. The van der Waals surface area contributed by atoms with Gasteiger partial charge in [0.25, 0.3) is 0 Å². The first kappa shape index (κ1) is 17.4. The van der Waals surface area contributed by atoms with Gasteiger partial charge < -0.3 is 4.90 Å². The van der Waals surface area contributed by atoms with E-state index in [0.717, 1.165) is 0 Å². The lowest BCUT2D eigenvalue weighted by atomic mass is 10.1. The molecule has 25 heavy (non-hydrogen) atoms. The van der Waals surface area contributed by atoms with Crippen molar-refractivity contribution in [3.63, 3.8) is 0 Å². The highest BCUT2D eigenvalue weighted by molar-refractivity contribution is 6.31. The van der Waals surface area contributed by atoms with E-state index in [1.165, 1.54) is 36.2 Å². The van der Waals surface area contributed by atoms with Gasteiger partial charge in [-0.3, -0.25) is 0 Å². The summed E-state index contributed by atoms with van der Waals surface area (Å²) in [5, 5.41) is 0.631. The second kappa shape index (κ2) is 6.48. The number of anilines is 1.